The van der Waals surface area contributed by atoms with Crippen LogP contribution in [0.5, 0.6) is 0 Å². The van der Waals surface area contributed by atoms with Crippen molar-refractivity contribution >= 4 is 17.7 Å². The maximum absolute atomic E-state index is 12.9. The average Bonchev–Trinajstić information content (AvgIpc) is 3.31. The zero-order valence-corrected chi connectivity index (χ0v) is 14.3. The van der Waals surface area contributed by atoms with Crippen molar-refractivity contribution in [1.29, 1.82) is 0 Å². The van der Waals surface area contributed by atoms with Crippen LogP contribution in [0.2, 0.25) is 0 Å². The zero-order valence-electron chi connectivity index (χ0n) is 14.3. The fraction of sp³-hybridized carbons (Fsp3) is 0.294. The van der Waals surface area contributed by atoms with Crippen LogP contribution in [0, 0.1) is 0 Å². The lowest BCUT2D eigenvalue weighted by atomic mass is 10.1. The predicted molar refractivity (Wildman–Crippen MR) is 93.6 cm³/mol. The third kappa shape index (κ3) is 3.10. The summed E-state index contributed by atoms with van der Waals surface area (Å²) in [6.07, 6.45) is 11.7. The Labute approximate surface area is 150 Å². The highest BCUT2D eigenvalue weighted by Crippen LogP contribution is 2.32. The standard InChI is InChI=1S/C17H18N8O/c1-24-10-8-20-15(24)16(26)25-9-2-3-13(25)12-4-5-21-17(22-12)23-14-11-18-6-7-19-14/h4-8,10-11,13H,2-3,9H2,1H3,(H,19,21,22,23). The molecule has 1 aliphatic rings. The molecule has 0 bridgehead atoms. The van der Waals surface area contributed by atoms with E-state index in [4.69, 9.17) is 0 Å². The van der Waals surface area contributed by atoms with Gasteiger partial charge >= 0.3 is 0 Å². The van der Waals surface area contributed by atoms with Gasteiger partial charge in [-0.2, -0.15) is 0 Å². The lowest BCUT2D eigenvalue weighted by Crippen LogP contribution is -2.32. The van der Waals surface area contributed by atoms with E-state index in [0.29, 0.717) is 24.1 Å². The molecule has 1 N–H and O–H groups in total. The van der Waals surface area contributed by atoms with Crippen molar-refractivity contribution in [3.63, 3.8) is 0 Å². The molecule has 1 aliphatic heterocycles. The SMILES string of the molecule is Cn1ccnc1C(=O)N1CCCC1c1ccnc(Nc2cnccn2)n1. The summed E-state index contributed by atoms with van der Waals surface area (Å²) in [7, 11) is 1.82. The van der Waals surface area contributed by atoms with Gasteiger partial charge in [-0.3, -0.25) is 9.78 Å². The molecule has 0 saturated carbocycles. The molecule has 26 heavy (non-hydrogen) atoms. The van der Waals surface area contributed by atoms with E-state index in [1.807, 2.05) is 18.0 Å². The Morgan fingerprint density at radius 3 is 2.88 bits per heavy atom. The molecule has 3 aromatic rings. The van der Waals surface area contributed by atoms with E-state index < -0.39 is 0 Å². The van der Waals surface area contributed by atoms with Crippen molar-refractivity contribution in [2.75, 3.05) is 11.9 Å². The van der Waals surface area contributed by atoms with Crippen LogP contribution in [0.4, 0.5) is 11.8 Å². The molecule has 1 atom stereocenters. The number of likely N-dealkylation sites (tertiary alicyclic amines) is 1. The maximum atomic E-state index is 12.9. The lowest BCUT2D eigenvalue weighted by Gasteiger charge is -2.24. The summed E-state index contributed by atoms with van der Waals surface area (Å²) < 4.78 is 1.73. The van der Waals surface area contributed by atoms with E-state index in [1.54, 1.807) is 41.7 Å². The van der Waals surface area contributed by atoms with Crippen molar-refractivity contribution in [2.45, 2.75) is 18.9 Å². The molecule has 9 heteroatoms. The van der Waals surface area contributed by atoms with E-state index in [0.717, 1.165) is 18.5 Å². The Hall–Kier alpha value is -3.36. The third-order valence-electron chi connectivity index (χ3n) is 4.35. The predicted octanol–water partition coefficient (Wildman–Crippen LogP) is 1.72. The smallest absolute Gasteiger partial charge is 0.290 e. The number of hydrogen-bond acceptors (Lipinski definition) is 7. The Morgan fingerprint density at radius 2 is 2.12 bits per heavy atom. The highest BCUT2D eigenvalue weighted by Gasteiger charge is 2.33. The average molecular weight is 350 g/mol. The number of anilines is 2. The van der Waals surface area contributed by atoms with E-state index in [1.165, 1.54) is 0 Å². The summed E-state index contributed by atoms with van der Waals surface area (Å²) >= 11 is 0. The summed E-state index contributed by atoms with van der Waals surface area (Å²) in [6.45, 7) is 0.688. The largest absolute Gasteiger partial charge is 0.330 e. The topological polar surface area (TPSA) is 102 Å². The first-order valence-corrected chi connectivity index (χ1v) is 8.36. The second-order valence-corrected chi connectivity index (χ2v) is 6.04. The van der Waals surface area contributed by atoms with Gasteiger partial charge in [0, 0.05) is 44.6 Å². The summed E-state index contributed by atoms with van der Waals surface area (Å²) in [5.41, 5.74) is 0.798. The molecule has 1 fully saturated rings. The van der Waals surface area contributed by atoms with Crippen LogP contribution in [0.25, 0.3) is 0 Å². The minimum absolute atomic E-state index is 0.0814. The van der Waals surface area contributed by atoms with Crippen molar-refractivity contribution in [3.05, 3.63) is 54.8 Å². The third-order valence-corrected chi connectivity index (χ3v) is 4.35. The van der Waals surface area contributed by atoms with Crippen molar-refractivity contribution in [2.24, 2.45) is 7.05 Å². The van der Waals surface area contributed by atoms with Crippen molar-refractivity contribution < 1.29 is 4.79 Å². The minimum atomic E-state index is -0.0930. The number of nitrogens with zero attached hydrogens (tertiary/aromatic N) is 7. The van der Waals surface area contributed by atoms with Gasteiger partial charge in [0.25, 0.3) is 5.91 Å². The molecule has 132 valence electrons. The number of rotatable bonds is 4. The van der Waals surface area contributed by atoms with Gasteiger partial charge in [0.05, 0.1) is 17.9 Å². The highest BCUT2D eigenvalue weighted by atomic mass is 16.2. The molecule has 0 aliphatic carbocycles. The molecule has 0 radical (unpaired) electrons. The molecular formula is C17H18N8O. The van der Waals surface area contributed by atoms with Crippen molar-refractivity contribution in [1.82, 2.24) is 34.4 Å². The van der Waals surface area contributed by atoms with E-state index in [2.05, 4.69) is 30.2 Å². The molecule has 0 aromatic carbocycles. The molecule has 3 aromatic heterocycles. The minimum Gasteiger partial charge on any atom is -0.330 e. The summed E-state index contributed by atoms with van der Waals surface area (Å²) in [5.74, 6) is 1.35. The Balaban J connectivity index is 1.57. The van der Waals surface area contributed by atoms with Gasteiger partial charge in [0.1, 0.15) is 0 Å². The first-order chi connectivity index (χ1) is 12.7. The van der Waals surface area contributed by atoms with Crippen LogP contribution >= 0.6 is 0 Å². The van der Waals surface area contributed by atoms with E-state index in [-0.39, 0.29) is 11.9 Å². The van der Waals surface area contributed by atoms with Crippen LogP contribution in [0.15, 0.2) is 43.2 Å². The van der Waals surface area contributed by atoms with Crippen LogP contribution in [0.3, 0.4) is 0 Å². The fourth-order valence-electron chi connectivity index (χ4n) is 3.11. The highest BCUT2D eigenvalue weighted by molar-refractivity contribution is 5.91. The molecule has 1 unspecified atom stereocenters. The number of nitrogens with one attached hydrogen (secondary N) is 1. The molecular weight excluding hydrogens is 332 g/mol. The van der Waals surface area contributed by atoms with Crippen LogP contribution in [-0.2, 0) is 7.05 Å². The summed E-state index contributed by atoms with van der Waals surface area (Å²) in [6, 6.07) is 1.75. The van der Waals surface area contributed by atoms with Crippen molar-refractivity contribution in [3.8, 4) is 0 Å². The lowest BCUT2D eigenvalue weighted by molar-refractivity contribution is 0.0717. The first kappa shape index (κ1) is 16.1. The number of carbonyl (C=O) groups excluding carboxylic acids is 1. The number of aromatic nitrogens is 6. The van der Waals surface area contributed by atoms with Gasteiger partial charge in [0.15, 0.2) is 11.6 Å². The molecule has 4 rings (SSSR count). The fourth-order valence-corrected chi connectivity index (χ4v) is 3.11. The number of amides is 1. The molecule has 4 heterocycles. The Kier molecular flexibility index (Phi) is 4.26. The first-order valence-electron chi connectivity index (χ1n) is 8.36. The molecule has 9 nitrogen and oxygen atoms in total. The van der Waals surface area contributed by atoms with Gasteiger partial charge in [-0.25, -0.2) is 19.9 Å². The maximum Gasteiger partial charge on any atom is 0.290 e. The quantitative estimate of drug-likeness (QED) is 0.764. The molecule has 1 saturated heterocycles. The zero-order chi connectivity index (χ0) is 17.9. The van der Waals surface area contributed by atoms with Gasteiger partial charge < -0.3 is 14.8 Å². The summed E-state index contributed by atoms with van der Waals surface area (Å²) in [5, 5.41) is 3.03. The molecule has 1 amide bonds. The molecule has 0 spiro atoms. The van der Waals surface area contributed by atoms with Gasteiger partial charge in [-0.05, 0) is 18.9 Å². The normalized spacial score (nSPS) is 16.7. The number of hydrogen-bond donors (Lipinski definition) is 1. The van der Waals surface area contributed by atoms with Crippen LogP contribution in [-0.4, -0.2) is 46.8 Å². The van der Waals surface area contributed by atoms with Crippen LogP contribution < -0.4 is 5.32 Å². The monoisotopic (exact) mass is 350 g/mol. The second kappa shape index (κ2) is 6.87. The summed E-state index contributed by atoms with van der Waals surface area (Å²) in [4.78, 5) is 35.8. The number of aryl methyl sites for hydroxylation is 1. The van der Waals surface area contributed by atoms with E-state index >= 15 is 0 Å². The van der Waals surface area contributed by atoms with Gasteiger partial charge in [-0.15, -0.1) is 0 Å². The van der Waals surface area contributed by atoms with Crippen LogP contribution in [0.1, 0.15) is 35.2 Å². The Bertz CT molecular complexity index is 910. The second-order valence-electron chi connectivity index (χ2n) is 6.04. The Morgan fingerprint density at radius 1 is 1.19 bits per heavy atom. The number of carbonyl (C=O) groups is 1. The van der Waals surface area contributed by atoms with Gasteiger partial charge in [-0.1, -0.05) is 0 Å². The number of imidazole rings is 1. The van der Waals surface area contributed by atoms with E-state index in [9.17, 15) is 4.79 Å². The van der Waals surface area contributed by atoms with Gasteiger partial charge in [0.2, 0.25) is 5.95 Å².